The maximum absolute atomic E-state index is 4.25. The van der Waals surface area contributed by atoms with Crippen molar-refractivity contribution < 1.29 is 15.7 Å². The van der Waals surface area contributed by atoms with E-state index >= 15 is 0 Å². The number of hydrogen-bond donors (Lipinski definition) is 0. The molecule has 3 heteroatoms. The summed E-state index contributed by atoms with van der Waals surface area (Å²) < 4.78 is 2.40. The summed E-state index contributed by atoms with van der Waals surface area (Å²) in [6, 6.07) is 0. The van der Waals surface area contributed by atoms with Crippen molar-refractivity contribution in [2.75, 3.05) is 0 Å². The molecule has 0 heterocycles. The van der Waals surface area contributed by atoms with Gasteiger partial charge in [0, 0.05) is 0 Å². The van der Waals surface area contributed by atoms with Crippen molar-refractivity contribution in [3.8, 4) is 0 Å². The maximum atomic E-state index is 4.25. The van der Waals surface area contributed by atoms with Gasteiger partial charge in [0.15, 0.2) is 0 Å². The standard InChI is InChI=1S/CS2.V/c2-1-3;. The second kappa shape index (κ2) is 3.80. The molecule has 0 unspecified atom stereocenters. The summed E-state index contributed by atoms with van der Waals surface area (Å²) in [6.07, 6.45) is 0. The number of thiocarbonyl (C=S) groups is 1. The molecular weight excluding hydrogens is 127 g/mol. The quantitative estimate of drug-likeness (QED) is 0.438. The Morgan fingerprint density at radius 1 is 2.00 bits per heavy atom. The molecule has 0 aromatic heterocycles. The summed E-state index contributed by atoms with van der Waals surface area (Å²) in [5.74, 6) is 0. The fraction of sp³-hybridized carbons (Fsp3) is 0. The Morgan fingerprint density at radius 3 is 2.25 bits per heavy atom. The molecule has 0 aliphatic rings. The summed E-state index contributed by atoms with van der Waals surface area (Å²) in [4.78, 5) is 0. The first kappa shape index (κ1) is 4.80. The molecule has 0 atom stereocenters. The van der Waals surface area contributed by atoms with Crippen LogP contribution in [0.2, 0.25) is 0 Å². The van der Waals surface area contributed by atoms with E-state index in [4.69, 9.17) is 0 Å². The topological polar surface area (TPSA) is 0 Å². The Morgan fingerprint density at radius 2 is 2.25 bits per heavy atom. The summed E-state index contributed by atoms with van der Waals surface area (Å²) >= 11 is 6.49. The molecule has 0 aromatic rings. The Kier molecular flexibility index (Phi) is 4.57. The molecule has 4 heavy (non-hydrogen) atoms. The SMILES string of the molecule is S=C=[S]=[V]. The summed E-state index contributed by atoms with van der Waals surface area (Å²) in [5, 5.41) is 0. The average Bonchev–Trinajstić information content (AvgIpc) is 1.37. The summed E-state index contributed by atoms with van der Waals surface area (Å²) in [6.45, 7) is 0. The average molecular weight is 127 g/mol. The molecule has 21 valence electrons. The van der Waals surface area contributed by atoms with E-state index in [1.165, 1.54) is 9.01 Å². The van der Waals surface area contributed by atoms with Gasteiger partial charge in [-0.25, -0.2) is 0 Å². The fourth-order valence-corrected chi connectivity index (χ4v) is 0. The van der Waals surface area contributed by atoms with Gasteiger partial charge in [-0.3, -0.25) is 0 Å². The molecule has 0 saturated carbocycles. The molecule has 0 radical (unpaired) electrons. The molecule has 0 aliphatic carbocycles. The normalized spacial score (nSPS) is 3.75. The monoisotopic (exact) mass is 127 g/mol. The molecule has 0 rings (SSSR count). The Balaban J connectivity index is 3.95. The van der Waals surface area contributed by atoms with Crippen LogP contribution in [0, 0.1) is 0 Å². The molecule has 0 fully saturated rings. The van der Waals surface area contributed by atoms with Crippen molar-refractivity contribution in [3.63, 3.8) is 0 Å². The van der Waals surface area contributed by atoms with Crippen LogP contribution in [0.25, 0.3) is 0 Å². The fourth-order valence-electron chi connectivity index (χ4n) is 0. The van der Waals surface area contributed by atoms with E-state index in [0.29, 0.717) is 0 Å². The Bertz CT molecular complexity index is 56.1. The molecule has 0 saturated heterocycles. The molecule has 0 bridgehead atoms. The summed E-state index contributed by atoms with van der Waals surface area (Å²) in [7, 11) is 1.36. The van der Waals surface area contributed by atoms with Crippen molar-refractivity contribution in [1.29, 1.82) is 0 Å². The van der Waals surface area contributed by atoms with Gasteiger partial charge in [0.1, 0.15) is 0 Å². The third-order valence-corrected chi connectivity index (χ3v) is 1.38. The van der Waals surface area contributed by atoms with Crippen LogP contribution in [0.1, 0.15) is 0 Å². The zero-order valence-corrected chi connectivity index (χ0v) is 4.79. The van der Waals surface area contributed by atoms with Gasteiger partial charge in [-0.15, -0.1) is 0 Å². The van der Waals surface area contributed by atoms with Crippen molar-refractivity contribution >= 4 is 25.5 Å². The Labute approximate surface area is 41.4 Å². The third-order valence-electron chi connectivity index (χ3n) is 0.0373. The zero-order chi connectivity index (χ0) is 3.41. The minimum atomic E-state index is 1.36. The number of hydrogen-bond acceptors (Lipinski definition) is 1. The molecule has 0 aliphatic heterocycles. The zero-order valence-electron chi connectivity index (χ0n) is 1.76. The first-order chi connectivity index (χ1) is 1.91. The molecular formula is CS2V. The van der Waals surface area contributed by atoms with Crippen molar-refractivity contribution in [3.05, 3.63) is 0 Å². The third kappa shape index (κ3) is 2.80. The molecule has 0 nitrogen and oxygen atoms in total. The van der Waals surface area contributed by atoms with Crippen molar-refractivity contribution in [1.82, 2.24) is 0 Å². The summed E-state index contributed by atoms with van der Waals surface area (Å²) in [5.41, 5.74) is 0. The van der Waals surface area contributed by atoms with E-state index in [2.05, 4.69) is 32.3 Å². The van der Waals surface area contributed by atoms with Crippen LogP contribution in [0.4, 0.5) is 0 Å². The van der Waals surface area contributed by atoms with Gasteiger partial charge in [-0.05, 0) is 0 Å². The van der Waals surface area contributed by atoms with E-state index in [9.17, 15) is 0 Å². The molecule has 0 aromatic carbocycles. The van der Waals surface area contributed by atoms with Gasteiger partial charge in [0.2, 0.25) is 0 Å². The van der Waals surface area contributed by atoms with Gasteiger partial charge in [-0.2, -0.15) is 0 Å². The van der Waals surface area contributed by atoms with Crippen molar-refractivity contribution in [2.24, 2.45) is 0 Å². The van der Waals surface area contributed by atoms with E-state index < -0.39 is 0 Å². The molecule has 0 amide bonds. The van der Waals surface area contributed by atoms with E-state index in [1.807, 2.05) is 0 Å². The van der Waals surface area contributed by atoms with Crippen molar-refractivity contribution in [2.45, 2.75) is 0 Å². The minimum absolute atomic E-state index is 1.36. The van der Waals surface area contributed by atoms with Crippen LogP contribution in [-0.4, -0.2) is 4.31 Å². The van der Waals surface area contributed by atoms with E-state index in [0.717, 1.165) is 0 Å². The second-order valence-electron chi connectivity index (χ2n) is 0.175. The van der Waals surface area contributed by atoms with Crippen LogP contribution >= 0.6 is 21.2 Å². The predicted octanol–water partition coefficient (Wildman–Crippen LogP) is 1.02. The van der Waals surface area contributed by atoms with Crippen LogP contribution in [0.15, 0.2) is 0 Å². The first-order valence-electron chi connectivity index (χ1n) is 0.591. The van der Waals surface area contributed by atoms with Gasteiger partial charge in [0.25, 0.3) is 0 Å². The van der Waals surface area contributed by atoms with Crippen LogP contribution in [0.3, 0.4) is 0 Å². The first-order valence-corrected chi connectivity index (χ1v) is 3.48. The van der Waals surface area contributed by atoms with E-state index in [1.54, 1.807) is 0 Å². The predicted molar refractivity (Wildman–Crippen MR) is 20.2 cm³/mol. The molecule has 0 spiro atoms. The van der Waals surface area contributed by atoms with Gasteiger partial charge in [-0.1, -0.05) is 0 Å². The van der Waals surface area contributed by atoms with Crippen LogP contribution in [0.5, 0.6) is 0 Å². The van der Waals surface area contributed by atoms with E-state index in [-0.39, 0.29) is 0 Å². The van der Waals surface area contributed by atoms with Crippen LogP contribution < -0.4 is 0 Å². The Hall–Kier alpha value is 0.804. The molecule has 0 N–H and O–H groups in total. The number of rotatable bonds is 0. The second-order valence-corrected chi connectivity index (χ2v) is 1.88. The van der Waals surface area contributed by atoms with Gasteiger partial charge < -0.3 is 0 Å². The van der Waals surface area contributed by atoms with Gasteiger partial charge >= 0.3 is 41.3 Å². The van der Waals surface area contributed by atoms with Gasteiger partial charge in [0.05, 0.1) is 0 Å². The van der Waals surface area contributed by atoms with Crippen LogP contribution in [-0.2, 0) is 15.7 Å².